The average Bonchev–Trinajstić information content (AvgIpc) is 2.12. The molecule has 3 heteroatoms. The Morgan fingerprint density at radius 2 is 2.21 bits per heavy atom. The first kappa shape index (κ1) is 10.7. The Hall–Kier alpha value is -1.38. The maximum absolute atomic E-state index is 13.2. The molecule has 0 bridgehead atoms. The highest BCUT2D eigenvalue weighted by Crippen LogP contribution is 2.19. The van der Waals surface area contributed by atoms with E-state index in [2.05, 4.69) is 4.99 Å². The number of rotatable bonds is 3. The maximum atomic E-state index is 13.2. The molecule has 0 saturated heterocycles. The molecule has 0 aliphatic heterocycles. The molecule has 2 nitrogen and oxygen atoms in total. The second-order valence-electron chi connectivity index (χ2n) is 3.31. The third-order valence-corrected chi connectivity index (χ3v) is 1.87. The number of aliphatic imine (C=N–C) groups is 1. The van der Waals surface area contributed by atoms with E-state index in [1.165, 1.54) is 6.07 Å². The van der Waals surface area contributed by atoms with Crippen LogP contribution in [-0.2, 0) is 0 Å². The molecule has 0 spiro atoms. The molecule has 14 heavy (non-hydrogen) atoms. The Kier molecular flexibility index (Phi) is 3.63. The number of benzene rings is 1. The molecule has 0 radical (unpaired) electrons. The second kappa shape index (κ2) is 4.74. The van der Waals surface area contributed by atoms with Gasteiger partial charge in [0.2, 0.25) is 0 Å². The zero-order valence-corrected chi connectivity index (χ0v) is 8.55. The van der Waals surface area contributed by atoms with Gasteiger partial charge < -0.3 is 5.73 Å². The van der Waals surface area contributed by atoms with Crippen LogP contribution in [-0.4, -0.2) is 5.84 Å². The second-order valence-corrected chi connectivity index (χ2v) is 3.31. The van der Waals surface area contributed by atoms with E-state index in [4.69, 9.17) is 5.73 Å². The van der Waals surface area contributed by atoms with Crippen molar-refractivity contribution < 1.29 is 4.39 Å². The Morgan fingerprint density at radius 1 is 1.50 bits per heavy atom. The number of hydrogen-bond acceptors (Lipinski definition) is 1. The van der Waals surface area contributed by atoms with Gasteiger partial charge in [0, 0.05) is 6.42 Å². The number of halogens is 1. The van der Waals surface area contributed by atoms with Crippen LogP contribution in [0.2, 0.25) is 0 Å². The van der Waals surface area contributed by atoms with E-state index in [0.717, 1.165) is 12.0 Å². The van der Waals surface area contributed by atoms with E-state index in [1.54, 1.807) is 12.1 Å². The summed E-state index contributed by atoms with van der Waals surface area (Å²) in [7, 11) is 0. The van der Waals surface area contributed by atoms with Crippen molar-refractivity contribution in [2.45, 2.75) is 26.7 Å². The summed E-state index contributed by atoms with van der Waals surface area (Å²) < 4.78 is 13.2. The van der Waals surface area contributed by atoms with Crippen LogP contribution < -0.4 is 5.73 Å². The molecule has 1 rings (SSSR count). The summed E-state index contributed by atoms with van der Waals surface area (Å²) in [4.78, 5) is 4.03. The van der Waals surface area contributed by atoms with Gasteiger partial charge in [0.05, 0.1) is 5.84 Å². The van der Waals surface area contributed by atoms with Gasteiger partial charge in [-0.25, -0.2) is 9.38 Å². The number of amidine groups is 1. The topological polar surface area (TPSA) is 38.4 Å². The highest BCUT2D eigenvalue weighted by Gasteiger charge is 2.00. The summed E-state index contributed by atoms with van der Waals surface area (Å²) >= 11 is 0. The fourth-order valence-corrected chi connectivity index (χ4v) is 1.18. The Bertz CT molecular complexity index is 345. The SMILES string of the molecule is CCCC(N)=Nc1cc(C)ccc1F. The number of aryl methyl sites for hydroxylation is 1. The molecule has 76 valence electrons. The lowest BCUT2D eigenvalue weighted by molar-refractivity contribution is 0.629. The Labute approximate surface area is 83.7 Å². The Balaban J connectivity index is 2.95. The molecule has 2 N–H and O–H groups in total. The van der Waals surface area contributed by atoms with E-state index in [0.29, 0.717) is 17.9 Å². The molecule has 0 aliphatic carbocycles. The van der Waals surface area contributed by atoms with Crippen LogP contribution in [0.1, 0.15) is 25.3 Å². The molecule has 0 amide bonds. The van der Waals surface area contributed by atoms with Gasteiger partial charge in [-0.1, -0.05) is 13.0 Å². The summed E-state index contributed by atoms with van der Waals surface area (Å²) in [5.74, 6) is 0.159. The van der Waals surface area contributed by atoms with Crippen LogP contribution in [0.4, 0.5) is 10.1 Å². The normalized spacial score (nSPS) is 11.8. The first-order valence-corrected chi connectivity index (χ1v) is 4.72. The number of hydrogen-bond donors (Lipinski definition) is 1. The van der Waals surface area contributed by atoms with E-state index >= 15 is 0 Å². The predicted molar refractivity (Wildman–Crippen MR) is 57.3 cm³/mol. The van der Waals surface area contributed by atoms with E-state index in [1.807, 2.05) is 13.8 Å². The lowest BCUT2D eigenvalue weighted by Gasteiger charge is -2.01. The molecule has 0 heterocycles. The highest BCUT2D eigenvalue weighted by molar-refractivity contribution is 5.83. The zero-order valence-electron chi connectivity index (χ0n) is 8.55. The zero-order chi connectivity index (χ0) is 10.6. The fourth-order valence-electron chi connectivity index (χ4n) is 1.18. The average molecular weight is 194 g/mol. The molecular weight excluding hydrogens is 179 g/mol. The molecule has 1 aromatic carbocycles. The van der Waals surface area contributed by atoms with Crippen LogP contribution >= 0.6 is 0 Å². The minimum absolute atomic E-state index is 0.324. The van der Waals surface area contributed by atoms with Gasteiger partial charge in [0.15, 0.2) is 0 Å². The largest absolute Gasteiger partial charge is 0.387 e. The standard InChI is InChI=1S/C11H15FN2/c1-3-4-11(13)14-10-7-8(2)5-6-9(10)12/h5-7H,3-4H2,1-2H3,(H2,13,14). The van der Waals surface area contributed by atoms with Crippen molar-refractivity contribution >= 4 is 11.5 Å². The fraction of sp³-hybridized carbons (Fsp3) is 0.364. The molecule has 0 aliphatic rings. The van der Waals surface area contributed by atoms with E-state index in [-0.39, 0.29) is 5.82 Å². The van der Waals surface area contributed by atoms with Gasteiger partial charge in [0.25, 0.3) is 0 Å². The van der Waals surface area contributed by atoms with Crippen molar-refractivity contribution in [3.8, 4) is 0 Å². The Morgan fingerprint density at radius 3 is 2.86 bits per heavy atom. The molecule has 0 atom stereocenters. The van der Waals surface area contributed by atoms with Crippen LogP contribution in [0.3, 0.4) is 0 Å². The summed E-state index contributed by atoms with van der Waals surface area (Å²) in [6, 6.07) is 4.82. The van der Waals surface area contributed by atoms with E-state index < -0.39 is 0 Å². The van der Waals surface area contributed by atoms with Gasteiger partial charge in [-0.3, -0.25) is 0 Å². The van der Waals surface area contributed by atoms with Gasteiger partial charge in [-0.05, 0) is 31.0 Å². The lowest BCUT2D eigenvalue weighted by atomic mass is 10.2. The summed E-state index contributed by atoms with van der Waals surface area (Å²) in [6.07, 6.45) is 1.62. The smallest absolute Gasteiger partial charge is 0.148 e. The highest BCUT2D eigenvalue weighted by atomic mass is 19.1. The van der Waals surface area contributed by atoms with E-state index in [9.17, 15) is 4.39 Å². The summed E-state index contributed by atoms with van der Waals surface area (Å²) in [5, 5.41) is 0. The van der Waals surface area contributed by atoms with Gasteiger partial charge in [-0.2, -0.15) is 0 Å². The van der Waals surface area contributed by atoms with Gasteiger partial charge >= 0.3 is 0 Å². The minimum atomic E-state index is -0.324. The van der Waals surface area contributed by atoms with Gasteiger partial charge in [-0.15, -0.1) is 0 Å². The molecular formula is C11H15FN2. The summed E-state index contributed by atoms with van der Waals surface area (Å²) in [6.45, 7) is 3.91. The van der Waals surface area contributed by atoms with Crippen LogP contribution in [0.5, 0.6) is 0 Å². The van der Waals surface area contributed by atoms with Crippen LogP contribution in [0.15, 0.2) is 23.2 Å². The maximum Gasteiger partial charge on any atom is 0.148 e. The monoisotopic (exact) mass is 194 g/mol. The lowest BCUT2D eigenvalue weighted by Crippen LogP contribution is -2.10. The molecule has 1 aromatic rings. The third kappa shape index (κ3) is 2.83. The first-order valence-electron chi connectivity index (χ1n) is 4.72. The predicted octanol–water partition coefficient (Wildman–Crippen LogP) is 2.92. The van der Waals surface area contributed by atoms with Crippen molar-refractivity contribution in [2.75, 3.05) is 0 Å². The van der Waals surface area contributed by atoms with Crippen molar-refractivity contribution in [2.24, 2.45) is 10.7 Å². The van der Waals surface area contributed by atoms with Gasteiger partial charge in [0.1, 0.15) is 11.5 Å². The van der Waals surface area contributed by atoms with Crippen molar-refractivity contribution in [1.82, 2.24) is 0 Å². The third-order valence-electron chi connectivity index (χ3n) is 1.87. The summed E-state index contributed by atoms with van der Waals surface area (Å²) in [5.41, 5.74) is 6.93. The van der Waals surface area contributed by atoms with Crippen molar-refractivity contribution in [3.05, 3.63) is 29.6 Å². The molecule has 0 fully saturated rings. The molecule has 0 unspecified atom stereocenters. The molecule has 0 saturated carbocycles. The van der Waals surface area contributed by atoms with Crippen molar-refractivity contribution in [3.63, 3.8) is 0 Å². The van der Waals surface area contributed by atoms with Crippen LogP contribution in [0.25, 0.3) is 0 Å². The quantitative estimate of drug-likeness (QED) is 0.583. The minimum Gasteiger partial charge on any atom is -0.387 e. The first-order chi connectivity index (χ1) is 6.63. The molecule has 0 aromatic heterocycles. The van der Waals surface area contributed by atoms with Crippen molar-refractivity contribution in [1.29, 1.82) is 0 Å². The number of nitrogens with zero attached hydrogens (tertiary/aromatic N) is 1. The number of nitrogens with two attached hydrogens (primary N) is 1. The van der Waals surface area contributed by atoms with Crippen LogP contribution in [0, 0.1) is 12.7 Å².